The van der Waals surface area contributed by atoms with Crippen LogP contribution in [0.15, 0.2) is 24.3 Å². The number of hydrogen-bond acceptors (Lipinski definition) is 8. The highest BCUT2D eigenvalue weighted by atomic mass is 35.5. The van der Waals surface area contributed by atoms with Crippen molar-refractivity contribution in [3.8, 4) is 29.1 Å². The summed E-state index contributed by atoms with van der Waals surface area (Å²) in [6.45, 7) is 0. The van der Waals surface area contributed by atoms with E-state index in [0.29, 0.717) is 0 Å². The normalized spacial score (nSPS) is 12.4. The fraction of sp³-hybridized carbons (Fsp3) is 0.222. The first kappa shape index (κ1) is 22.1. The molecule has 0 aliphatic heterocycles. The molecule has 0 saturated heterocycles. The summed E-state index contributed by atoms with van der Waals surface area (Å²) in [6.07, 6.45) is -3.01. The molecule has 0 aliphatic rings. The number of hydrogen-bond donors (Lipinski definition) is 3. The summed E-state index contributed by atoms with van der Waals surface area (Å²) < 4.78 is 21.3. The Bertz CT molecular complexity index is 964. The molecular weight excluding hydrogens is 423 g/mol. The van der Waals surface area contributed by atoms with Crippen molar-refractivity contribution >= 4 is 40.5 Å². The summed E-state index contributed by atoms with van der Waals surface area (Å²) >= 11 is 12.2. The Morgan fingerprint density at radius 1 is 0.931 bits per heavy atom. The Balaban J connectivity index is 2.37. The third kappa shape index (κ3) is 4.99. The standard InChI is InChI=1S/C18H18Cl2N4O5/c1-26-14-5-12(8(19)3-10(14)22)28-16(7-21)17(18(24)25)29-13-6-15(27-2)11(23)4-9(13)20/h3-6,16-17H,22-23H2,1-2H3,(H2,24,25). The molecule has 0 aromatic heterocycles. The van der Waals surface area contributed by atoms with Crippen LogP contribution in [0.3, 0.4) is 0 Å². The van der Waals surface area contributed by atoms with Gasteiger partial charge in [0.05, 0.1) is 35.6 Å². The van der Waals surface area contributed by atoms with Gasteiger partial charge in [0.2, 0.25) is 12.2 Å². The van der Waals surface area contributed by atoms with Crippen molar-refractivity contribution in [2.75, 3.05) is 25.7 Å². The van der Waals surface area contributed by atoms with Crippen molar-refractivity contribution < 1.29 is 23.7 Å². The number of carbonyl (C=O) groups is 1. The lowest BCUT2D eigenvalue weighted by molar-refractivity contribution is -0.127. The Kier molecular flexibility index (Phi) is 7.09. The highest BCUT2D eigenvalue weighted by molar-refractivity contribution is 6.32. The maximum atomic E-state index is 12.0. The number of ether oxygens (including phenoxy) is 4. The van der Waals surface area contributed by atoms with E-state index in [9.17, 15) is 10.1 Å². The zero-order valence-electron chi connectivity index (χ0n) is 15.4. The maximum Gasteiger partial charge on any atom is 0.263 e. The van der Waals surface area contributed by atoms with Crippen LogP contribution in [0.4, 0.5) is 11.4 Å². The second kappa shape index (κ2) is 9.32. The SMILES string of the molecule is COc1cc(OC(C#N)C(Oc2cc(OC)c(N)cc2Cl)C(N)=O)c(Cl)cc1N. The molecule has 0 spiro atoms. The molecule has 0 aliphatic carbocycles. The van der Waals surface area contributed by atoms with Gasteiger partial charge < -0.3 is 36.1 Å². The van der Waals surface area contributed by atoms with Crippen molar-refractivity contribution in [1.29, 1.82) is 5.26 Å². The van der Waals surface area contributed by atoms with Gasteiger partial charge in [-0.3, -0.25) is 4.79 Å². The van der Waals surface area contributed by atoms with Crippen molar-refractivity contribution in [1.82, 2.24) is 0 Å². The summed E-state index contributed by atoms with van der Waals surface area (Å²) in [5, 5.41) is 9.71. The molecule has 0 heterocycles. The number of benzene rings is 2. The zero-order valence-corrected chi connectivity index (χ0v) is 17.0. The molecule has 2 aromatic rings. The molecule has 9 nitrogen and oxygen atoms in total. The molecule has 29 heavy (non-hydrogen) atoms. The van der Waals surface area contributed by atoms with Gasteiger partial charge in [-0.1, -0.05) is 23.2 Å². The second-order valence-corrected chi connectivity index (χ2v) is 6.47. The molecule has 2 unspecified atom stereocenters. The number of methoxy groups -OCH3 is 2. The molecular formula is C18H18Cl2N4O5. The van der Waals surface area contributed by atoms with Gasteiger partial charge in [-0.2, -0.15) is 5.26 Å². The summed E-state index contributed by atoms with van der Waals surface area (Å²) in [7, 11) is 2.80. The number of nitriles is 1. The molecule has 0 fully saturated rings. The van der Waals surface area contributed by atoms with Crippen molar-refractivity contribution in [2.45, 2.75) is 12.2 Å². The number of rotatable bonds is 8. The van der Waals surface area contributed by atoms with Gasteiger partial charge in [-0.05, 0) is 12.1 Å². The number of nitrogens with two attached hydrogens (primary N) is 3. The average Bonchev–Trinajstić information content (AvgIpc) is 2.67. The maximum absolute atomic E-state index is 12.0. The fourth-order valence-electron chi connectivity index (χ4n) is 2.33. The van der Waals surface area contributed by atoms with Gasteiger partial charge in [0.1, 0.15) is 29.1 Å². The van der Waals surface area contributed by atoms with Gasteiger partial charge in [-0.15, -0.1) is 0 Å². The van der Waals surface area contributed by atoms with E-state index in [4.69, 9.17) is 59.4 Å². The summed E-state index contributed by atoms with van der Waals surface area (Å²) in [4.78, 5) is 12.0. The van der Waals surface area contributed by atoms with Crippen molar-refractivity contribution in [2.24, 2.45) is 5.73 Å². The predicted molar refractivity (Wildman–Crippen MR) is 108 cm³/mol. The monoisotopic (exact) mass is 440 g/mol. The molecule has 0 bridgehead atoms. The molecule has 154 valence electrons. The van der Waals surface area contributed by atoms with E-state index in [-0.39, 0.29) is 44.4 Å². The van der Waals surface area contributed by atoms with E-state index in [1.807, 2.05) is 6.07 Å². The molecule has 2 rings (SSSR count). The number of amides is 1. The average molecular weight is 441 g/mol. The van der Waals surface area contributed by atoms with E-state index in [0.717, 1.165) is 0 Å². The Morgan fingerprint density at radius 3 is 1.76 bits per heavy atom. The van der Waals surface area contributed by atoms with Gasteiger partial charge >= 0.3 is 0 Å². The molecule has 2 atom stereocenters. The Hall–Kier alpha value is -3.22. The number of nitrogen functional groups attached to an aromatic ring is 2. The molecule has 6 N–H and O–H groups in total. The van der Waals surface area contributed by atoms with E-state index < -0.39 is 18.1 Å². The highest BCUT2D eigenvalue weighted by Crippen LogP contribution is 2.37. The minimum Gasteiger partial charge on any atom is -0.494 e. The van der Waals surface area contributed by atoms with Crippen LogP contribution in [-0.4, -0.2) is 32.3 Å². The second-order valence-electron chi connectivity index (χ2n) is 5.66. The number of nitrogens with zero attached hydrogens (tertiary/aromatic N) is 1. The summed E-state index contributed by atoms with van der Waals surface area (Å²) in [5.41, 5.74) is 17.5. The van der Waals surface area contributed by atoms with Gasteiger partial charge in [0.25, 0.3) is 5.91 Å². The predicted octanol–water partition coefficient (Wildman–Crippen LogP) is 2.38. The van der Waals surface area contributed by atoms with Crippen molar-refractivity contribution in [3.05, 3.63) is 34.3 Å². The van der Waals surface area contributed by atoms with E-state index in [2.05, 4.69) is 0 Å². The first-order valence-electron chi connectivity index (χ1n) is 8.00. The zero-order chi connectivity index (χ0) is 21.7. The van der Waals surface area contributed by atoms with Crippen LogP contribution in [0.2, 0.25) is 10.0 Å². The Morgan fingerprint density at radius 2 is 1.38 bits per heavy atom. The fourth-order valence-corrected chi connectivity index (χ4v) is 2.77. The summed E-state index contributed by atoms with van der Waals surface area (Å²) in [5.74, 6) is -0.384. The molecule has 0 saturated carbocycles. The third-order valence-electron chi connectivity index (χ3n) is 3.76. The van der Waals surface area contributed by atoms with Crippen LogP contribution < -0.4 is 36.1 Å². The van der Waals surface area contributed by atoms with Crippen LogP contribution in [0, 0.1) is 11.3 Å². The van der Waals surface area contributed by atoms with Crippen LogP contribution in [0.25, 0.3) is 0 Å². The first-order valence-corrected chi connectivity index (χ1v) is 8.75. The minimum atomic E-state index is -1.54. The Labute approximate surface area is 176 Å². The largest absolute Gasteiger partial charge is 0.494 e. The topological polar surface area (TPSA) is 156 Å². The van der Waals surface area contributed by atoms with Crippen LogP contribution >= 0.6 is 23.2 Å². The van der Waals surface area contributed by atoms with Crippen molar-refractivity contribution in [3.63, 3.8) is 0 Å². The van der Waals surface area contributed by atoms with Gasteiger partial charge in [0.15, 0.2) is 0 Å². The number of halogens is 2. The third-order valence-corrected chi connectivity index (χ3v) is 4.35. The quantitative estimate of drug-likeness (QED) is 0.527. The van der Waals surface area contributed by atoms with Gasteiger partial charge in [-0.25, -0.2) is 0 Å². The highest BCUT2D eigenvalue weighted by Gasteiger charge is 2.32. The van der Waals surface area contributed by atoms with E-state index in [1.165, 1.54) is 38.5 Å². The lowest BCUT2D eigenvalue weighted by Crippen LogP contribution is -2.45. The lowest BCUT2D eigenvalue weighted by atomic mass is 10.2. The lowest BCUT2D eigenvalue weighted by Gasteiger charge is -2.23. The minimum absolute atomic E-state index is 0.0198. The number of anilines is 2. The van der Waals surface area contributed by atoms with Gasteiger partial charge in [0, 0.05) is 12.1 Å². The van der Waals surface area contributed by atoms with E-state index >= 15 is 0 Å². The smallest absolute Gasteiger partial charge is 0.263 e. The first-order chi connectivity index (χ1) is 13.7. The number of primary amides is 1. The molecule has 0 radical (unpaired) electrons. The van der Waals surface area contributed by atoms with Crippen LogP contribution in [-0.2, 0) is 4.79 Å². The van der Waals surface area contributed by atoms with Crippen LogP contribution in [0.5, 0.6) is 23.0 Å². The van der Waals surface area contributed by atoms with E-state index in [1.54, 1.807) is 0 Å². The molecule has 2 aromatic carbocycles. The summed E-state index contributed by atoms with van der Waals surface area (Å²) in [6, 6.07) is 7.30. The number of carbonyl (C=O) groups excluding carboxylic acids is 1. The molecule has 11 heteroatoms. The molecule has 1 amide bonds. The van der Waals surface area contributed by atoms with Crippen LogP contribution in [0.1, 0.15) is 0 Å².